The Labute approximate surface area is 189 Å². The van der Waals surface area contributed by atoms with E-state index in [1.807, 2.05) is 38.1 Å². The molecule has 1 aliphatic rings. The van der Waals surface area contributed by atoms with Crippen molar-refractivity contribution in [3.8, 4) is 5.75 Å². The van der Waals surface area contributed by atoms with E-state index in [0.29, 0.717) is 17.3 Å². The lowest BCUT2D eigenvalue weighted by Gasteiger charge is -2.29. The van der Waals surface area contributed by atoms with Crippen LogP contribution < -0.4 is 10.1 Å². The molecular weight excluding hydrogens is 412 g/mol. The second kappa shape index (κ2) is 10.7. The van der Waals surface area contributed by atoms with E-state index in [0.717, 1.165) is 42.4 Å². The van der Waals surface area contributed by atoms with Crippen LogP contribution in [0.2, 0.25) is 5.02 Å². The molecule has 1 saturated carbocycles. The van der Waals surface area contributed by atoms with Gasteiger partial charge in [0.05, 0.1) is 0 Å². The molecule has 1 atom stereocenters. The van der Waals surface area contributed by atoms with E-state index >= 15 is 0 Å². The Morgan fingerprint density at radius 2 is 1.90 bits per heavy atom. The van der Waals surface area contributed by atoms with Gasteiger partial charge in [-0.1, -0.05) is 54.3 Å². The lowest BCUT2D eigenvalue weighted by atomic mass is 10.1. The molecular formula is C25H31ClN2O3. The molecule has 0 spiro atoms. The van der Waals surface area contributed by atoms with E-state index in [-0.39, 0.29) is 24.5 Å². The maximum absolute atomic E-state index is 13.1. The Hall–Kier alpha value is -2.53. The van der Waals surface area contributed by atoms with Crippen molar-refractivity contribution in [1.82, 2.24) is 10.2 Å². The van der Waals surface area contributed by atoms with Crippen molar-refractivity contribution in [1.29, 1.82) is 0 Å². The van der Waals surface area contributed by atoms with Crippen LogP contribution in [0.25, 0.3) is 0 Å². The summed E-state index contributed by atoms with van der Waals surface area (Å²) < 4.78 is 5.73. The first-order valence-corrected chi connectivity index (χ1v) is 11.3. The predicted molar refractivity (Wildman–Crippen MR) is 123 cm³/mol. The highest BCUT2D eigenvalue weighted by molar-refractivity contribution is 6.31. The molecule has 1 unspecified atom stereocenters. The number of halogens is 1. The standard InChI is InChI=1S/C25H31ClN2O3/c1-17-7-6-8-20(13-17)15-28(19(3)25(30)27-21-9-4-5-10-21)24(29)16-31-22-11-12-23(26)18(2)14-22/h6-8,11-14,19,21H,4-5,9-10,15-16H2,1-3H3,(H,27,30). The summed E-state index contributed by atoms with van der Waals surface area (Å²) in [5.41, 5.74) is 2.98. The summed E-state index contributed by atoms with van der Waals surface area (Å²) in [6, 6.07) is 12.9. The number of carbonyl (C=O) groups excluding carboxylic acids is 2. The summed E-state index contributed by atoms with van der Waals surface area (Å²) >= 11 is 6.07. The molecule has 0 bridgehead atoms. The van der Waals surface area contributed by atoms with Crippen LogP contribution in [0.1, 0.15) is 49.3 Å². The van der Waals surface area contributed by atoms with Crippen LogP contribution in [-0.4, -0.2) is 35.4 Å². The molecule has 2 aromatic rings. The predicted octanol–water partition coefficient (Wildman–Crippen LogP) is 4.81. The number of amides is 2. The first kappa shape index (κ1) is 23.1. The zero-order valence-electron chi connectivity index (χ0n) is 18.5. The van der Waals surface area contributed by atoms with Gasteiger partial charge in [0.25, 0.3) is 5.91 Å². The molecule has 166 valence electrons. The van der Waals surface area contributed by atoms with Crippen molar-refractivity contribution >= 4 is 23.4 Å². The minimum absolute atomic E-state index is 0.116. The van der Waals surface area contributed by atoms with Gasteiger partial charge in [0.15, 0.2) is 6.61 Å². The summed E-state index contributed by atoms with van der Waals surface area (Å²) in [5, 5.41) is 3.76. The molecule has 0 heterocycles. The number of carbonyl (C=O) groups is 2. The summed E-state index contributed by atoms with van der Waals surface area (Å²) in [6.07, 6.45) is 4.28. The Balaban J connectivity index is 1.72. The minimum atomic E-state index is -0.593. The number of hydrogen-bond donors (Lipinski definition) is 1. The second-order valence-electron chi connectivity index (χ2n) is 8.38. The summed E-state index contributed by atoms with van der Waals surface area (Å²) in [4.78, 5) is 27.6. The number of nitrogens with one attached hydrogen (secondary N) is 1. The highest BCUT2D eigenvalue weighted by Crippen LogP contribution is 2.22. The summed E-state index contributed by atoms with van der Waals surface area (Å²) in [5.74, 6) is 0.229. The normalized spacial score (nSPS) is 14.8. The van der Waals surface area contributed by atoms with Gasteiger partial charge in [-0.25, -0.2) is 0 Å². The average Bonchev–Trinajstić information content (AvgIpc) is 3.25. The van der Waals surface area contributed by atoms with Gasteiger partial charge in [0.1, 0.15) is 11.8 Å². The van der Waals surface area contributed by atoms with Gasteiger partial charge in [-0.2, -0.15) is 0 Å². The molecule has 5 nitrogen and oxygen atoms in total. The van der Waals surface area contributed by atoms with Crippen LogP contribution in [0.3, 0.4) is 0 Å². The smallest absolute Gasteiger partial charge is 0.261 e. The number of hydrogen-bond acceptors (Lipinski definition) is 3. The van der Waals surface area contributed by atoms with E-state index in [9.17, 15) is 9.59 Å². The van der Waals surface area contributed by atoms with Crippen molar-refractivity contribution in [3.05, 3.63) is 64.2 Å². The molecule has 1 fully saturated rings. The maximum atomic E-state index is 13.1. The largest absolute Gasteiger partial charge is 0.484 e. The first-order chi connectivity index (χ1) is 14.8. The van der Waals surface area contributed by atoms with Gasteiger partial charge in [0.2, 0.25) is 5.91 Å². The van der Waals surface area contributed by atoms with Gasteiger partial charge < -0.3 is 15.0 Å². The monoisotopic (exact) mass is 442 g/mol. The summed E-state index contributed by atoms with van der Waals surface area (Å²) in [6.45, 7) is 5.88. The van der Waals surface area contributed by atoms with Gasteiger partial charge in [-0.05, 0) is 62.9 Å². The Bertz CT molecular complexity index is 925. The van der Waals surface area contributed by atoms with E-state index < -0.39 is 6.04 Å². The highest BCUT2D eigenvalue weighted by atomic mass is 35.5. The van der Waals surface area contributed by atoms with Crippen molar-refractivity contribution < 1.29 is 14.3 Å². The Morgan fingerprint density at radius 3 is 2.58 bits per heavy atom. The average molecular weight is 443 g/mol. The van der Waals surface area contributed by atoms with E-state index in [2.05, 4.69) is 5.32 Å². The van der Waals surface area contributed by atoms with Crippen LogP contribution in [0.4, 0.5) is 0 Å². The Morgan fingerprint density at radius 1 is 1.16 bits per heavy atom. The fourth-order valence-electron chi connectivity index (χ4n) is 3.92. The SMILES string of the molecule is Cc1cccc(CN(C(=O)COc2ccc(Cl)c(C)c2)C(C)C(=O)NC2CCCC2)c1. The molecule has 2 amide bonds. The molecule has 3 rings (SSSR count). The zero-order valence-corrected chi connectivity index (χ0v) is 19.2. The third-order valence-electron chi connectivity index (χ3n) is 5.80. The van der Waals surface area contributed by atoms with Crippen molar-refractivity contribution in [2.24, 2.45) is 0 Å². The number of ether oxygens (including phenoxy) is 1. The molecule has 31 heavy (non-hydrogen) atoms. The molecule has 0 saturated heterocycles. The van der Waals surface area contributed by atoms with Crippen LogP contribution >= 0.6 is 11.6 Å². The van der Waals surface area contributed by atoms with Gasteiger partial charge in [0, 0.05) is 17.6 Å². The number of rotatable bonds is 8. The van der Waals surface area contributed by atoms with Crippen molar-refractivity contribution in [2.75, 3.05) is 6.61 Å². The fourth-order valence-corrected chi connectivity index (χ4v) is 4.03. The molecule has 2 aromatic carbocycles. The van der Waals surface area contributed by atoms with Crippen molar-refractivity contribution in [2.45, 2.75) is 65.1 Å². The van der Waals surface area contributed by atoms with Crippen LogP contribution in [0.5, 0.6) is 5.75 Å². The molecule has 0 radical (unpaired) electrons. The van der Waals surface area contributed by atoms with Crippen LogP contribution in [0, 0.1) is 13.8 Å². The third-order valence-corrected chi connectivity index (χ3v) is 6.22. The molecule has 1 N–H and O–H groups in total. The van der Waals surface area contributed by atoms with Crippen LogP contribution in [0.15, 0.2) is 42.5 Å². The summed E-state index contributed by atoms with van der Waals surface area (Å²) in [7, 11) is 0. The first-order valence-electron chi connectivity index (χ1n) is 10.9. The Kier molecular flexibility index (Phi) is 7.97. The van der Waals surface area contributed by atoms with Gasteiger partial charge in [-0.15, -0.1) is 0 Å². The van der Waals surface area contributed by atoms with E-state index in [1.165, 1.54) is 0 Å². The lowest BCUT2D eigenvalue weighted by molar-refractivity contribution is -0.142. The quantitative estimate of drug-likeness (QED) is 0.638. The molecule has 0 aliphatic heterocycles. The van der Waals surface area contributed by atoms with Gasteiger partial charge >= 0.3 is 0 Å². The van der Waals surface area contributed by atoms with Crippen molar-refractivity contribution in [3.63, 3.8) is 0 Å². The fraction of sp³-hybridized carbons (Fsp3) is 0.440. The third kappa shape index (κ3) is 6.47. The minimum Gasteiger partial charge on any atom is -0.484 e. The molecule has 1 aliphatic carbocycles. The van der Waals surface area contributed by atoms with E-state index in [1.54, 1.807) is 30.0 Å². The topological polar surface area (TPSA) is 58.6 Å². The van der Waals surface area contributed by atoms with E-state index in [4.69, 9.17) is 16.3 Å². The zero-order chi connectivity index (χ0) is 22.4. The van der Waals surface area contributed by atoms with Crippen LogP contribution in [-0.2, 0) is 16.1 Å². The maximum Gasteiger partial charge on any atom is 0.261 e. The second-order valence-corrected chi connectivity index (χ2v) is 8.78. The molecule has 0 aromatic heterocycles. The number of benzene rings is 2. The highest BCUT2D eigenvalue weighted by Gasteiger charge is 2.28. The number of aryl methyl sites for hydroxylation is 2. The molecule has 6 heteroatoms. The lowest BCUT2D eigenvalue weighted by Crippen LogP contribution is -2.50. The number of nitrogens with zero attached hydrogens (tertiary/aromatic N) is 1. The van der Waals surface area contributed by atoms with Gasteiger partial charge in [-0.3, -0.25) is 9.59 Å².